The van der Waals surface area contributed by atoms with Crippen LogP contribution in [0.1, 0.15) is 37.8 Å². The zero-order valence-corrected chi connectivity index (χ0v) is 17.2. The molecule has 0 spiro atoms. The number of aromatic hydroxyl groups is 1. The summed E-state index contributed by atoms with van der Waals surface area (Å²) in [4.78, 5) is 8.72. The molecule has 1 aromatic carbocycles. The molecule has 0 saturated carbocycles. The van der Waals surface area contributed by atoms with Crippen LogP contribution >= 0.6 is 0 Å². The molecule has 4 rings (SSSR count). The fourth-order valence-electron chi connectivity index (χ4n) is 3.48. The van der Waals surface area contributed by atoms with Crippen LogP contribution in [0.2, 0.25) is 0 Å². The molecule has 0 fully saturated rings. The molecule has 7 heteroatoms. The van der Waals surface area contributed by atoms with Crippen molar-refractivity contribution in [1.82, 2.24) is 19.6 Å². The standard InChI is InChI=1S/C23H24FN5O/c1-14(2)20-13-26-29-22(27-15(3)8-16-4-6-19(30)7-5-16)10-21(28-23(20)29)17-9-18(24)12-25-11-17/h4-7,9-15,27,30H,8H2,1-3H3. The normalized spacial score (nSPS) is 12.4. The van der Waals surface area contributed by atoms with Gasteiger partial charge in [0.05, 0.1) is 18.1 Å². The van der Waals surface area contributed by atoms with Gasteiger partial charge in [0.25, 0.3) is 0 Å². The maximum atomic E-state index is 13.8. The Morgan fingerprint density at radius 2 is 1.83 bits per heavy atom. The number of hydrogen-bond acceptors (Lipinski definition) is 5. The van der Waals surface area contributed by atoms with Crippen molar-refractivity contribution in [3.63, 3.8) is 0 Å². The highest BCUT2D eigenvalue weighted by atomic mass is 19.1. The van der Waals surface area contributed by atoms with E-state index in [0.29, 0.717) is 11.3 Å². The first-order chi connectivity index (χ1) is 14.4. The molecule has 30 heavy (non-hydrogen) atoms. The lowest BCUT2D eigenvalue weighted by Gasteiger charge is -2.17. The topological polar surface area (TPSA) is 75.3 Å². The summed E-state index contributed by atoms with van der Waals surface area (Å²) >= 11 is 0. The van der Waals surface area contributed by atoms with Crippen molar-refractivity contribution in [2.75, 3.05) is 5.32 Å². The zero-order chi connectivity index (χ0) is 21.3. The number of phenols is 1. The largest absolute Gasteiger partial charge is 0.508 e. The summed E-state index contributed by atoms with van der Waals surface area (Å²) in [5, 5.41) is 17.5. The van der Waals surface area contributed by atoms with Gasteiger partial charge in [-0.3, -0.25) is 4.98 Å². The molecule has 0 aliphatic heterocycles. The number of nitrogens with one attached hydrogen (secondary N) is 1. The fraction of sp³-hybridized carbons (Fsp3) is 0.261. The van der Waals surface area contributed by atoms with Crippen molar-refractivity contribution in [3.8, 4) is 17.0 Å². The molecule has 0 bridgehead atoms. The molecular formula is C23H24FN5O. The number of fused-ring (bicyclic) bond motifs is 1. The number of aromatic nitrogens is 4. The Labute approximate surface area is 174 Å². The predicted octanol–water partition coefficient (Wildman–Crippen LogP) is 4.80. The highest BCUT2D eigenvalue weighted by molar-refractivity contribution is 5.67. The molecule has 0 radical (unpaired) electrons. The number of phenolic OH excluding ortho intramolecular Hbond substituents is 1. The molecule has 0 saturated heterocycles. The minimum absolute atomic E-state index is 0.0883. The second-order valence-corrected chi connectivity index (χ2v) is 7.82. The Morgan fingerprint density at radius 3 is 2.53 bits per heavy atom. The smallest absolute Gasteiger partial charge is 0.161 e. The molecule has 2 N–H and O–H groups in total. The number of rotatable bonds is 6. The molecule has 0 aliphatic carbocycles. The van der Waals surface area contributed by atoms with Crippen LogP contribution in [-0.2, 0) is 6.42 Å². The first-order valence-corrected chi connectivity index (χ1v) is 9.94. The number of pyridine rings is 1. The van der Waals surface area contributed by atoms with E-state index in [0.717, 1.165) is 29.0 Å². The lowest BCUT2D eigenvalue weighted by molar-refractivity contribution is 0.475. The van der Waals surface area contributed by atoms with Crippen LogP contribution in [0.4, 0.5) is 10.2 Å². The minimum Gasteiger partial charge on any atom is -0.508 e. The van der Waals surface area contributed by atoms with Gasteiger partial charge < -0.3 is 10.4 Å². The quantitative estimate of drug-likeness (QED) is 0.482. The number of nitrogens with zero attached hydrogens (tertiary/aromatic N) is 4. The summed E-state index contributed by atoms with van der Waals surface area (Å²) in [5.41, 5.74) is 4.12. The van der Waals surface area contributed by atoms with Gasteiger partial charge in [0.15, 0.2) is 5.65 Å². The Morgan fingerprint density at radius 1 is 1.07 bits per heavy atom. The van der Waals surface area contributed by atoms with Gasteiger partial charge in [0.2, 0.25) is 0 Å². The van der Waals surface area contributed by atoms with Crippen molar-refractivity contribution in [2.24, 2.45) is 0 Å². The van der Waals surface area contributed by atoms with Crippen LogP contribution in [0.3, 0.4) is 0 Å². The molecule has 6 nitrogen and oxygen atoms in total. The maximum Gasteiger partial charge on any atom is 0.161 e. The summed E-state index contributed by atoms with van der Waals surface area (Å²) in [6.45, 7) is 6.26. The van der Waals surface area contributed by atoms with Crippen LogP contribution < -0.4 is 5.32 Å². The summed E-state index contributed by atoms with van der Waals surface area (Å²) in [5.74, 6) is 0.874. The van der Waals surface area contributed by atoms with E-state index in [1.807, 2.05) is 24.4 Å². The lowest BCUT2D eigenvalue weighted by atomic mass is 10.1. The van der Waals surface area contributed by atoms with Crippen LogP contribution in [0, 0.1) is 5.82 Å². The van der Waals surface area contributed by atoms with Crippen LogP contribution in [0.5, 0.6) is 5.75 Å². The van der Waals surface area contributed by atoms with E-state index in [9.17, 15) is 9.50 Å². The van der Waals surface area contributed by atoms with Crippen molar-refractivity contribution >= 4 is 11.5 Å². The van der Waals surface area contributed by atoms with E-state index in [-0.39, 0.29) is 17.7 Å². The fourth-order valence-corrected chi connectivity index (χ4v) is 3.48. The number of halogens is 1. The second kappa shape index (κ2) is 8.10. The van der Waals surface area contributed by atoms with Gasteiger partial charge in [-0.15, -0.1) is 0 Å². The third kappa shape index (κ3) is 4.10. The Balaban J connectivity index is 1.72. The molecule has 154 valence electrons. The summed E-state index contributed by atoms with van der Waals surface area (Å²) in [7, 11) is 0. The van der Waals surface area contributed by atoms with Crippen molar-refractivity contribution in [2.45, 2.75) is 39.2 Å². The Hall–Kier alpha value is -3.48. The van der Waals surface area contributed by atoms with Gasteiger partial charge in [0.1, 0.15) is 17.4 Å². The molecule has 0 amide bonds. The van der Waals surface area contributed by atoms with E-state index < -0.39 is 5.82 Å². The van der Waals surface area contributed by atoms with Crippen molar-refractivity contribution in [3.05, 3.63) is 71.9 Å². The SMILES string of the molecule is CC(Cc1ccc(O)cc1)Nc1cc(-c2cncc(F)c2)nc2c(C(C)C)cnn12. The molecule has 0 aliphatic rings. The molecule has 3 aromatic heterocycles. The molecule has 3 heterocycles. The molecule has 1 atom stereocenters. The van der Waals surface area contributed by atoms with Crippen LogP contribution in [-0.4, -0.2) is 30.7 Å². The summed E-state index contributed by atoms with van der Waals surface area (Å²) in [6.07, 6.45) is 5.38. The summed E-state index contributed by atoms with van der Waals surface area (Å²) in [6, 6.07) is 10.6. The number of anilines is 1. The lowest BCUT2D eigenvalue weighted by Crippen LogP contribution is -2.20. The van der Waals surface area contributed by atoms with E-state index in [4.69, 9.17) is 4.98 Å². The van der Waals surface area contributed by atoms with Gasteiger partial charge in [-0.2, -0.15) is 9.61 Å². The van der Waals surface area contributed by atoms with Gasteiger partial charge in [-0.25, -0.2) is 9.37 Å². The highest BCUT2D eigenvalue weighted by Crippen LogP contribution is 2.27. The third-order valence-electron chi connectivity index (χ3n) is 4.99. The van der Waals surface area contributed by atoms with E-state index in [2.05, 4.69) is 36.2 Å². The van der Waals surface area contributed by atoms with E-state index in [1.165, 1.54) is 12.3 Å². The second-order valence-electron chi connectivity index (χ2n) is 7.82. The average Bonchev–Trinajstić information content (AvgIpc) is 3.14. The highest BCUT2D eigenvalue weighted by Gasteiger charge is 2.16. The monoisotopic (exact) mass is 405 g/mol. The Bertz CT molecular complexity index is 1170. The van der Waals surface area contributed by atoms with E-state index >= 15 is 0 Å². The van der Waals surface area contributed by atoms with Crippen molar-refractivity contribution in [1.29, 1.82) is 0 Å². The maximum absolute atomic E-state index is 13.8. The molecule has 4 aromatic rings. The van der Waals surface area contributed by atoms with E-state index in [1.54, 1.807) is 22.8 Å². The van der Waals surface area contributed by atoms with Crippen molar-refractivity contribution < 1.29 is 9.50 Å². The molecular weight excluding hydrogens is 381 g/mol. The summed E-state index contributed by atoms with van der Waals surface area (Å²) < 4.78 is 15.5. The number of benzene rings is 1. The van der Waals surface area contributed by atoms with Gasteiger partial charge >= 0.3 is 0 Å². The van der Waals surface area contributed by atoms with Crippen LogP contribution in [0.15, 0.2) is 55.0 Å². The average molecular weight is 405 g/mol. The Kier molecular flexibility index (Phi) is 5.35. The first-order valence-electron chi connectivity index (χ1n) is 9.94. The third-order valence-corrected chi connectivity index (χ3v) is 4.99. The first kappa shape index (κ1) is 19.8. The van der Waals surface area contributed by atoms with Crippen LogP contribution in [0.25, 0.3) is 16.9 Å². The minimum atomic E-state index is -0.401. The van der Waals surface area contributed by atoms with Gasteiger partial charge in [0, 0.05) is 29.4 Å². The zero-order valence-electron chi connectivity index (χ0n) is 17.2. The predicted molar refractivity (Wildman–Crippen MR) is 115 cm³/mol. The van der Waals surface area contributed by atoms with Gasteiger partial charge in [-0.05, 0) is 43.0 Å². The molecule has 1 unspecified atom stereocenters. The van der Waals surface area contributed by atoms with Gasteiger partial charge in [-0.1, -0.05) is 26.0 Å². The number of hydrogen-bond donors (Lipinski definition) is 2.